The van der Waals surface area contributed by atoms with E-state index >= 15 is 0 Å². The van der Waals surface area contributed by atoms with Crippen LogP contribution in [-0.4, -0.2) is 146 Å². The topological polar surface area (TPSA) is 231 Å². The third kappa shape index (κ3) is 11.9. The van der Waals surface area contributed by atoms with Crippen LogP contribution in [0.1, 0.15) is 146 Å². The summed E-state index contributed by atoms with van der Waals surface area (Å²) in [5, 5.41) is 17.2. The molecule has 4 aliphatic heterocycles. The molecule has 10 atom stereocenters. The van der Waals surface area contributed by atoms with E-state index in [-0.39, 0.29) is 101 Å². The van der Waals surface area contributed by atoms with Gasteiger partial charge in [0, 0.05) is 48.3 Å². The van der Waals surface area contributed by atoms with Crippen LogP contribution in [-0.2, 0) is 33.5 Å². The van der Waals surface area contributed by atoms with E-state index in [0.29, 0.717) is 49.5 Å². The summed E-state index contributed by atoms with van der Waals surface area (Å²) in [6.07, 6.45) is 22.2. The Hall–Kier alpha value is -4.60. The van der Waals surface area contributed by atoms with E-state index in [0.717, 1.165) is 60.4 Å². The molecule has 4 saturated carbocycles. The molecule has 2 aromatic carbocycles. The van der Waals surface area contributed by atoms with Gasteiger partial charge in [0.05, 0.1) is 55.1 Å². The monoisotopic (exact) mass is 1080 g/mol. The van der Waals surface area contributed by atoms with E-state index in [1.807, 2.05) is 53.1 Å². The van der Waals surface area contributed by atoms with Crippen molar-refractivity contribution in [2.75, 3.05) is 47.3 Å². The van der Waals surface area contributed by atoms with Gasteiger partial charge in [0.1, 0.15) is 14.2 Å². The minimum absolute atomic E-state index is 0. The zero-order valence-corrected chi connectivity index (χ0v) is 48.0. The summed E-state index contributed by atoms with van der Waals surface area (Å²) in [6, 6.07) is 17.2. The first-order chi connectivity index (χ1) is 37.1. The van der Waals surface area contributed by atoms with Gasteiger partial charge in [0.25, 0.3) is 11.1 Å². The Morgan fingerprint density at radius 1 is 0.564 bits per heavy atom. The number of hydrogen-bond acceptors (Lipinski definition) is 16. The molecule has 8 bridgehead atoms. The van der Waals surface area contributed by atoms with Gasteiger partial charge in [0.2, 0.25) is 11.4 Å². The molecule has 6 heterocycles. The number of carbonyl (C=O) groups is 2. The Bertz CT molecular complexity index is 2900. The molecule has 0 radical (unpaired) electrons. The number of ether oxygens (including phenoxy) is 3. The maximum absolute atomic E-state index is 14.1. The number of fused-ring (bicyclic) bond motifs is 10. The van der Waals surface area contributed by atoms with E-state index in [2.05, 4.69) is 30.1 Å². The van der Waals surface area contributed by atoms with Gasteiger partial charge in [0.15, 0.2) is 11.4 Å². The van der Waals surface area contributed by atoms with Crippen LogP contribution in [0.2, 0.25) is 0 Å². The number of carboxylic acid groups (broad SMARTS) is 1. The van der Waals surface area contributed by atoms with Crippen LogP contribution in [0.15, 0.2) is 68.4 Å². The number of carbonyl (C=O) groups excluding carboxylic acids is 1. The van der Waals surface area contributed by atoms with Crippen LogP contribution >= 0.6 is 0 Å². The van der Waals surface area contributed by atoms with E-state index in [9.17, 15) is 24.3 Å². The second kappa shape index (κ2) is 25.9. The summed E-state index contributed by atoms with van der Waals surface area (Å²) in [6.45, 7) is 4.62. The number of aromatic nitrogens is 4. The maximum atomic E-state index is 14.1. The van der Waals surface area contributed by atoms with E-state index in [1.165, 1.54) is 104 Å². The van der Waals surface area contributed by atoms with Gasteiger partial charge in [-0.2, -0.15) is 0 Å². The van der Waals surface area contributed by atoms with Crippen molar-refractivity contribution in [2.24, 2.45) is 34.0 Å². The first-order valence-electron chi connectivity index (χ1n) is 28.5. The molecule has 8 fully saturated rings. The minimum atomic E-state index is -1.34. The number of rotatable bonds is 11. The quantitative estimate of drug-likeness (QED) is 0.0944. The van der Waals surface area contributed by atoms with Crippen molar-refractivity contribution in [3.8, 4) is 0 Å². The molecule has 6 unspecified atom stereocenters. The van der Waals surface area contributed by atoms with Gasteiger partial charge in [-0.3, -0.25) is 19.4 Å². The molecule has 78 heavy (non-hydrogen) atoms. The van der Waals surface area contributed by atoms with E-state index in [4.69, 9.17) is 23.9 Å². The van der Waals surface area contributed by atoms with Gasteiger partial charge in [-0.15, -0.1) is 0 Å². The molecular weight excluding hydrogens is 1010 g/mol. The third-order valence-electron chi connectivity index (χ3n) is 18.5. The summed E-state index contributed by atoms with van der Waals surface area (Å²) in [5.74, 6) is 1.33. The van der Waals surface area contributed by atoms with Crippen molar-refractivity contribution in [1.82, 2.24) is 28.9 Å². The first kappa shape index (κ1) is 58.1. The predicted molar refractivity (Wildman–Crippen MR) is 288 cm³/mol. The van der Waals surface area contributed by atoms with Crippen LogP contribution in [0.5, 0.6) is 0 Å². The molecule has 20 heteroatoms. The molecule has 416 valence electrons. The van der Waals surface area contributed by atoms with Crippen molar-refractivity contribution in [3.63, 3.8) is 0 Å². The summed E-state index contributed by atoms with van der Waals surface area (Å²) in [7, 11) is 2.61. The Balaban J connectivity index is 0.000000185. The van der Waals surface area contributed by atoms with Crippen molar-refractivity contribution in [2.45, 2.75) is 171 Å². The molecule has 19 nitrogen and oxygen atoms in total. The van der Waals surface area contributed by atoms with Crippen molar-refractivity contribution in [3.05, 3.63) is 80.6 Å². The molecule has 8 aliphatic rings. The fourth-order valence-electron chi connectivity index (χ4n) is 15.7. The SMILES string of the molecule is CCOC(=O)C(=NOC)c1nc2ccccc2n(C2C[C@H]3COC[C@@H](C2)N3C2CC3CCCCC(C3)C2)c1=O.CON=C(C(=O)O)c1nc2ccccc2n(C2C[C@H]3COC[C@@H](C2)N3C2CC3CCCCC(C3)C2)c1=O.[Na+].[OH-]. The predicted octanol–water partition coefficient (Wildman–Crippen LogP) is 4.50. The van der Waals surface area contributed by atoms with Crippen LogP contribution < -0.4 is 40.7 Å². The molecule has 2 N–H and O–H groups in total. The zero-order chi connectivity index (χ0) is 52.5. The Morgan fingerprint density at radius 2 is 0.936 bits per heavy atom. The van der Waals surface area contributed by atoms with E-state index in [1.54, 1.807) is 11.5 Å². The average molecular weight is 1090 g/mol. The number of benzene rings is 2. The van der Waals surface area contributed by atoms with Crippen LogP contribution in [0.3, 0.4) is 0 Å². The average Bonchev–Trinajstić information content (AvgIpc) is 3.87. The van der Waals surface area contributed by atoms with Gasteiger partial charge in [-0.25, -0.2) is 19.6 Å². The number of morpholine rings is 2. The largest absolute Gasteiger partial charge is 1.00 e. The molecule has 0 spiro atoms. The normalized spacial score (nSPS) is 31.2. The maximum Gasteiger partial charge on any atom is 1.00 e. The standard InChI is InChI=1S/C30H40N4O5.C28H36N4O5.Na.H2O/c1-3-39-30(36)28(32-37-2)27-29(35)34(26-11-7-6-10-25(26)31-27)22-15-23-17-38-18-24(16-22)33(23)21-13-19-8-4-5-9-20(12-19)14-21;1-36-30-26(28(34)35)25-27(33)32(24-9-5-4-8-23(24)29-25)20-13-21-15-37-16-22(14-20)31(21)19-11-17-6-2-3-7-18(10-17)12-19;;/h6-7,10-11,19-24H,3-5,8-9,12-18H2,1-2H3;4-5,8-9,17-22H,2-3,6-7,10-16H2,1H3,(H,34,35);;1H2/q;;+1;/p-1/t19?,20?,21?,22?,23-,24+;17?,18?,19?,20?,21-,22+;;. The molecule has 2 aromatic heterocycles. The molecule has 4 aromatic rings. The number of oxime groups is 2. The van der Waals surface area contributed by atoms with E-state index < -0.39 is 23.2 Å². The Morgan fingerprint density at radius 3 is 1.31 bits per heavy atom. The van der Waals surface area contributed by atoms with Crippen molar-refractivity contribution >= 4 is 45.4 Å². The number of hydrogen-bond donors (Lipinski definition) is 1. The molecular formula is C58H77N8NaO11. The number of carboxylic acids is 1. The number of nitrogens with zero attached hydrogens (tertiary/aromatic N) is 8. The molecule has 12 rings (SSSR count). The summed E-state index contributed by atoms with van der Waals surface area (Å²) in [5.41, 5.74) is 1.04. The Labute approximate surface area is 478 Å². The minimum Gasteiger partial charge on any atom is -0.870 e. The summed E-state index contributed by atoms with van der Waals surface area (Å²) < 4.78 is 21.0. The molecule has 4 aliphatic carbocycles. The van der Waals surface area contributed by atoms with Gasteiger partial charge < -0.3 is 43.6 Å². The number of aliphatic carboxylic acids is 1. The fourth-order valence-corrected chi connectivity index (χ4v) is 15.7. The summed E-state index contributed by atoms with van der Waals surface area (Å²) >= 11 is 0. The number of para-hydroxylation sites is 4. The second-order valence-electron chi connectivity index (χ2n) is 23.1. The Kier molecular flexibility index (Phi) is 19.3. The summed E-state index contributed by atoms with van der Waals surface area (Å²) in [4.78, 5) is 76.8. The van der Waals surface area contributed by atoms with Gasteiger partial charge >= 0.3 is 41.5 Å². The molecule has 4 saturated heterocycles. The van der Waals surface area contributed by atoms with Crippen molar-refractivity contribution in [1.29, 1.82) is 0 Å². The van der Waals surface area contributed by atoms with Gasteiger partial charge in [-0.05, 0) is 119 Å². The number of piperidine rings is 2. The van der Waals surface area contributed by atoms with Crippen LogP contribution in [0.25, 0.3) is 22.1 Å². The fraction of sp³-hybridized carbons (Fsp3) is 0.655. The van der Waals surface area contributed by atoms with Crippen LogP contribution in [0, 0.1) is 23.7 Å². The second-order valence-corrected chi connectivity index (χ2v) is 23.1. The smallest absolute Gasteiger partial charge is 0.870 e. The van der Waals surface area contributed by atoms with Crippen LogP contribution in [0.4, 0.5) is 0 Å². The van der Waals surface area contributed by atoms with Crippen molar-refractivity contribution < 1.29 is 73.6 Å². The van der Waals surface area contributed by atoms with Gasteiger partial charge in [-0.1, -0.05) is 85.9 Å². The third-order valence-corrected chi connectivity index (χ3v) is 18.5. The molecule has 0 amide bonds. The first-order valence-corrected chi connectivity index (χ1v) is 28.5. The zero-order valence-electron chi connectivity index (χ0n) is 46.0. The number of esters is 1.